The molecule has 0 atom stereocenters. The minimum absolute atomic E-state index is 0.0500. The number of carbonyl (C=O) groups is 1. The zero-order valence-electron chi connectivity index (χ0n) is 11.5. The van der Waals surface area contributed by atoms with Gasteiger partial charge in [0.1, 0.15) is 5.69 Å². The van der Waals surface area contributed by atoms with Crippen LogP contribution < -0.4 is 10.1 Å². The van der Waals surface area contributed by atoms with Crippen molar-refractivity contribution in [2.45, 2.75) is 12.7 Å². The van der Waals surface area contributed by atoms with E-state index in [4.69, 9.17) is 4.74 Å². The van der Waals surface area contributed by atoms with Crippen LogP contribution in [-0.2, 0) is 12.7 Å². The van der Waals surface area contributed by atoms with Gasteiger partial charge in [0.05, 0.1) is 12.7 Å². The smallest absolute Gasteiger partial charge is 0.433 e. The normalized spacial score (nSPS) is 11.1. The molecule has 0 saturated carbocycles. The number of hydrogen-bond donors (Lipinski definition) is 1. The number of amides is 1. The molecule has 2 aromatic heterocycles. The molecule has 2 aromatic rings. The summed E-state index contributed by atoms with van der Waals surface area (Å²) in [4.78, 5) is 19.0. The predicted octanol–water partition coefficient (Wildman–Crippen LogP) is 2.43. The lowest BCUT2D eigenvalue weighted by Crippen LogP contribution is -2.23. The van der Waals surface area contributed by atoms with Gasteiger partial charge in [0, 0.05) is 25.0 Å². The van der Waals surface area contributed by atoms with Crippen LogP contribution in [0, 0.1) is 0 Å². The number of nitrogens with zero attached hydrogens (tertiary/aromatic N) is 2. The summed E-state index contributed by atoms with van der Waals surface area (Å²) in [5.41, 5.74) is -0.239. The fourth-order valence-electron chi connectivity index (χ4n) is 1.65. The second-order valence-electron chi connectivity index (χ2n) is 4.32. The number of carbonyl (C=O) groups excluding carboxylic acids is 1. The Hall–Kier alpha value is -2.64. The second-order valence-corrected chi connectivity index (χ2v) is 4.32. The standard InChI is InChI=1S/C14H12F3N3O2/c1-22-12-6-9(4-5-18-12)7-20-13(21)10-2-3-11(19-8-10)14(15,16)17/h2-6,8H,7H2,1H3,(H,20,21). The van der Waals surface area contributed by atoms with E-state index in [0.717, 1.165) is 23.9 Å². The fourth-order valence-corrected chi connectivity index (χ4v) is 1.65. The van der Waals surface area contributed by atoms with Gasteiger partial charge in [-0.25, -0.2) is 4.98 Å². The van der Waals surface area contributed by atoms with Crippen LogP contribution in [0.25, 0.3) is 0 Å². The highest BCUT2D eigenvalue weighted by molar-refractivity contribution is 5.93. The fraction of sp³-hybridized carbons (Fsp3) is 0.214. The monoisotopic (exact) mass is 311 g/mol. The highest BCUT2D eigenvalue weighted by Crippen LogP contribution is 2.27. The SMILES string of the molecule is COc1cc(CNC(=O)c2ccc(C(F)(F)F)nc2)ccn1. The van der Waals surface area contributed by atoms with Crippen molar-refractivity contribution in [3.8, 4) is 5.88 Å². The van der Waals surface area contributed by atoms with E-state index in [9.17, 15) is 18.0 Å². The van der Waals surface area contributed by atoms with Crippen LogP contribution in [0.2, 0.25) is 0 Å². The number of halogens is 3. The number of nitrogens with one attached hydrogen (secondary N) is 1. The molecule has 5 nitrogen and oxygen atoms in total. The van der Waals surface area contributed by atoms with Crippen molar-refractivity contribution < 1.29 is 22.7 Å². The molecule has 0 aliphatic carbocycles. The van der Waals surface area contributed by atoms with Crippen molar-refractivity contribution in [2.24, 2.45) is 0 Å². The van der Waals surface area contributed by atoms with Crippen LogP contribution >= 0.6 is 0 Å². The summed E-state index contributed by atoms with van der Waals surface area (Å²) >= 11 is 0. The van der Waals surface area contributed by atoms with E-state index in [1.165, 1.54) is 13.3 Å². The van der Waals surface area contributed by atoms with E-state index in [2.05, 4.69) is 15.3 Å². The first kappa shape index (κ1) is 15.7. The number of rotatable bonds is 4. The van der Waals surface area contributed by atoms with Gasteiger partial charge in [-0.3, -0.25) is 9.78 Å². The highest BCUT2D eigenvalue weighted by atomic mass is 19.4. The van der Waals surface area contributed by atoms with Crippen molar-refractivity contribution in [3.63, 3.8) is 0 Å². The van der Waals surface area contributed by atoms with Gasteiger partial charge in [-0.2, -0.15) is 13.2 Å². The molecule has 0 fully saturated rings. The molecule has 0 spiro atoms. The van der Waals surface area contributed by atoms with E-state index in [-0.39, 0.29) is 12.1 Å². The minimum atomic E-state index is -4.53. The molecule has 2 heterocycles. The maximum Gasteiger partial charge on any atom is 0.433 e. The molecule has 0 unspecified atom stereocenters. The molecule has 0 aliphatic heterocycles. The second kappa shape index (κ2) is 6.42. The third-order valence-electron chi connectivity index (χ3n) is 2.78. The molecular formula is C14H12F3N3O2. The number of aromatic nitrogens is 2. The highest BCUT2D eigenvalue weighted by Gasteiger charge is 2.32. The van der Waals surface area contributed by atoms with Crippen LogP contribution in [0.4, 0.5) is 13.2 Å². The van der Waals surface area contributed by atoms with Crippen LogP contribution in [0.15, 0.2) is 36.7 Å². The molecule has 0 aliphatic rings. The summed E-state index contributed by atoms with van der Waals surface area (Å²) in [7, 11) is 1.47. The lowest BCUT2D eigenvalue weighted by molar-refractivity contribution is -0.141. The van der Waals surface area contributed by atoms with Crippen molar-refractivity contribution in [3.05, 3.63) is 53.5 Å². The first-order valence-electron chi connectivity index (χ1n) is 6.20. The van der Waals surface area contributed by atoms with Gasteiger partial charge in [-0.1, -0.05) is 0 Å². The molecule has 0 saturated heterocycles. The van der Waals surface area contributed by atoms with Crippen molar-refractivity contribution in [1.82, 2.24) is 15.3 Å². The maximum absolute atomic E-state index is 12.4. The van der Waals surface area contributed by atoms with Crippen molar-refractivity contribution in [1.29, 1.82) is 0 Å². The molecular weight excluding hydrogens is 299 g/mol. The summed E-state index contributed by atoms with van der Waals surface area (Å²) in [6.07, 6.45) is -2.10. The van der Waals surface area contributed by atoms with Gasteiger partial charge in [-0.15, -0.1) is 0 Å². The lowest BCUT2D eigenvalue weighted by atomic mass is 10.2. The predicted molar refractivity (Wildman–Crippen MR) is 71.2 cm³/mol. The Balaban J connectivity index is 2.00. The number of ether oxygens (including phenoxy) is 1. The number of methoxy groups -OCH3 is 1. The summed E-state index contributed by atoms with van der Waals surface area (Å²) in [6, 6.07) is 5.18. The number of hydrogen-bond acceptors (Lipinski definition) is 4. The quantitative estimate of drug-likeness (QED) is 0.942. The lowest BCUT2D eigenvalue weighted by Gasteiger charge is -2.08. The van der Waals surface area contributed by atoms with Crippen molar-refractivity contribution in [2.75, 3.05) is 7.11 Å². The van der Waals surface area contributed by atoms with Gasteiger partial charge in [-0.05, 0) is 23.8 Å². The third kappa shape index (κ3) is 3.94. The van der Waals surface area contributed by atoms with E-state index < -0.39 is 17.8 Å². The molecule has 0 radical (unpaired) electrons. The molecule has 22 heavy (non-hydrogen) atoms. The van der Waals surface area contributed by atoms with Crippen molar-refractivity contribution >= 4 is 5.91 Å². The Morgan fingerprint density at radius 1 is 1.27 bits per heavy atom. The third-order valence-corrected chi connectivity index (χ3v) is 2.78. The average Bonchev–Trinajstić information content (AvgIpc) is 2.52. The van der Waals surface area contributed by atoms with E-state index in [0.29, 0.717) is 5.88 Å². The number of alkyl halides is 3. The molecule has 0 bridgehead atoms. The minimum Gasteiger partial charge on any atom is -0.481 e. The molecule has 116 valence electrons. The Morgan fingerprint density at radius 3 is 2.64 bits per heavy atom. The van der Waals surface area contributed by atoms with Crippen LogP contribution in [0.3, 0.4) is 0 Å². The molecule has 1 N–H and O–H groups in total. The Morgan fingerprint density at radius 2 is 2.05 bits per heavy atom. The zero-order valence-corrected chi connectivity index (χ0v) is 11.5. The first-order valence-corrected chi connectivity index (χ1v) is 6.20. The molecule has 8 heteroatoms. The Labute approximate surface area is 124 Å². The topological polar surface area (TPSA) is 64.1 Å². The summed E-state index contributed by atoms with van der Waals surface area (Å²) in [5.74, 6) is -0.111. The largest absolute Gasteiger partial charge is 0.481 e. The Bertz CT molecular complexity index is 657. The van der Waals surface area contributed by atoms with E-state index >= 15 is 0 Å². The van der Waals surface area contributed by atoms with Gasteiger partial charge >= 0.3 is 6.18 Å². The van der Waals surface area contributed by atoms with Gasteiger partial charge in [0.15, 0.2) is 0 Å². The molecule has 1 amide bonds. The average molecular weight is 311 g/mol. The Kier molecular flexibility index (Phi) is 4.59. The molecule has 2 rings (SSSR count). The summed E-state index contributed by atoms with van der Waals surface area (Å²) in [5, 5.41) is 2.58. The first-order chi connectivity index (χ1) is 10.4. The summed E-state index contributed by atoms with van der Waals surface area (Å²) < 4.78 is 42.1. The zero-order chi connectivity index (χ0) is 16.2. The number of pyridine rings is 2. The van der Waals surface area contributed by atoms with Crippen LogP contribution in [0.5, 0.6) is 5.88 Å². The van der Waals surface area contributed by atoms with Gasteiger partial charge in [0.25, 0.3) is 5.91 Å². The van der Waals surface area contributed by atoms with E-state index in [1.54, 1.807) is 12.1 Å². The van der Waals surface area contributed by atoms with Gasteiger partial charge < -0.3 is 10.1 Å². The summed E-state index contributed by atoms with van der Waals surface area (Å²) in [6.45, 7) is 0.193. The van der Waals surface area contributed by atoms with E-state index in [1.807, 2.05) is 0 Å². The van der Waals surface area contributed by atoms with Gasteiger partial charge in [0.2, 0.25) is 5.88 Å². The molecule has 0 aromatic carbocycles. The van der Waals surface area contributed by atoms with Crippen LogP contribution in [-0.4, -0.2) is 23.0 Å². The maximum atomic E-state index is 12.4. The van der Waals surface area contributed by atoms with Crippen LogP contribution in [0.1, 0.15) is 21.6 Å².